The molecule has 0 aliphatic carbocycles. The summed E-state index contributed by atoms with van der Waals surface area (Å²) in [5.74, 6) is -0.654. The Kier molecular flexibility index (Phi) is 7.30. The summed E-state index contributed by atoms with van der Waals surface area (Å²) >= 11 is 0. The molecular formula is C24H30FN5O3. The van der Waals surface area contributed by atoms with Crippen LogP contribution in [0, 0.1) is 18.7 Å². The zero-order valence-corrected chi connectivity index (χ0v) is 19.4. The van der Waals surface area contributed by atoms with Crippen LogP contribution in [0.3, 0.4) is 0 Å². The number of aromatic amines is 1. The number of aryl methyl sites for hydroxylation is 1. The van der Waals surface area contributed by atoms with Gasteiger partial charge in [0.25, 0.3) is 11.5 Å². The molecule has 0 saturated heterocycles. The smallest absolute Gasteiger partial charge is 0.330 e. The lowest BCUT2D eigenvalue weighted by Crippen LogP contribution is -2.42. The Morgan fingerprint density at radius 1 is 1.27 bits per heavy atom. The summed E-state index contributed by atoms with van der Waals surface area (Å²) in [4.78, 5) is 46.9. The second-order valence-electron chi connectivity index (χ2n) is 8.60. The van der Waals surface area contributed by atoms with Gasteiger partial charge in [0, 0.05) is 24.5 Å². The van der Waals surface area contributed by atoms with Crippen LogP contribution in [-0.4, -0.2) is 27.0 Å². The Hall–Kier alpha value is -3.49. The summed E-state index contributed by atoms with van der Waals surface area (Å²) in [6, 6.07) is 5.80. The minimum Gasteiger partial charge on any atom is -0.383 e. The maximum atomic E-state index is 13.7. The molecule has 3 N–H and O–H groups in total. The largest absolute Gasteiger partial charge is 0.383 e. The predicted molar refractivity (Wildman–Crippen MR) is 128 cm³/mol. The normalized spacial score (nSPS) is 11.3. The summed E-state index contributed by atoms with van der Waals surface area (Å²) in [7, 11) is 0. The van der Waals surface area contributed by atoms with Crippen LogP contribution < -0.4 is 21.9 Å². The number of nitrogens with zero attached hydrogens (tertiary/aromatic N) is 3. The van der Waals surface area contributed by atoms with Gasteiger partial charge in [-0.1, -0.05) is 27.2 Å². The Bertz CT molecular complexity index is 1300. The SMILES string of the molecule is CCCCn1c(N)c(N(CCC(C)C)C(=O)c2cc3ccc(F)cc3nc2C)c(=O)[nH]c1=O. The molecule has 8 nitrogen and oxygen atoms in total. The van der Waals surface area contributed by atoms with E-state index in [1.807, 2.05) is 20.8 Å². The molecule has 0 aliphatic heterocycles. The monoisotopic (exact) mass is 455 g/mol. The van der Waals surface area contributed by atoms with Gasteiger partial charge in [-0.25, -0.2) is 9.18 Å². The van der Waals surface area contributed by atoms with Crippen molar-refractivity contribution in [1.29, 1.82) is 0 Å². The lowest BCUT2D eigenvalue weighted by Gasteiger charge is -2.26. The lowest BCUT2D eigenvalue weighted by atomic mass is 10.1. The number of benzene rings is 1. The molecule has 2 aromatic heterocycles. The van der Waals surface area contributed by atoms with Crippen LogP contribution in [0.5, 0.6) is 0 Å². The molecule has 0 radical (unpaired) electrons. The van der Waals surface area contributed by atoms with Crippen molar-refractivity contribution in [3.05, 3.63) is 62.2 Å². The number of hydrogen-bond acceptors (Lipinski definition) is 5. The first kappa shape index (κ1) is 24.2. The van der Waals surface area contributed by atoms with E-state index in [0.717, 1.165) is 6.42 Å². The third-order valence-electron chi connectivity index (χ3n) is 5.60. The number of aromatic nitrogens is 3. The Labute approximate surface area is 191 Å². The Balaban J connectivity index is 2.16. The standard InChI is InChI=1S/C24H30FN5O3/c1-5-6-10-30-21(26)20(22(31)28-24(30)33)29(11-9-14(2)3)23(32)18-12-16-7-8-17(25)13-19(16)27-15(18)4/h7-8,12-14H,5-6,9-11,26H2,1-4H3,(H,28,31,33). The van der Waals surface area contributed by atoms with E-state index in [9.17, 15) is 18.8 Å². The van der Waals surface area contributed by atoms with Gasteiger partial charge in [-0.15, -0.1) is 0 Å². The number of fused-ring (bicyclic) bond motifs is 1. The number of anilines is 2. The number of nitrogen functional groups attached to an aromatic ring is 1. The number of H-pyrrole nitrogens is 1. The van der Waals surface area contributed by atoms with Crippen molar-refractivity contribution < 1.29 is 9.18 Å². The van der Waals surface area contributed by atoms with Crippen molar-refractivity contribution in [1.82, 2.24) is 14.5 Å². The lowest BCUT2D eigenvalue weighted by molar-refractivity contribution is 0.0984. The number of carbonyl (C=O) groups excluding carboxylic acids is 1. The third-order valence-corrected chi connectivity index (χ3v) is 5.60. The highest BCUT2D eigenvalue weighted by atomic mass is 19.1. The van der Waals surface area contributed by atoms with Gasteiger partial charge in [-0.2, -0.15) is 0 Å². The number of carbonyl (C=O) groups is 1. The van der Waals surface area contributed by atoms with Gasteiger partial charge in [0.2, 0.25) is 0 Å². The first-order valence-electron chi connectivity index (χ1n) is 11.1. The van der Waals surface area contributed by atoms with E-state index in [1.54, 1.807) is 19.1 Å². The summed E-state index contributed by atoms with van der Waals surface area (Å²) in [5, 5.41) is 0.601. The molecule has 9 heteroatoms. The van der Waals surface area contributed by atoms with E-state index in [-0.39, 0.29) is 29.5 Å². The van der Waals surface area contributed by atoms with Crippen molar-refractivity contribution in [2.75, 3.05) is 17.2 Å². The van der Waals surface area contributed by atoms with Crippen LogP contribution in [0.2, 0.25) is 0 Å². The number of pyridine rings is 1. The molecule has 1 aromatic carbocycles. The molecule has 0 unspecified atom stereocenters. The van der Waals surface area contributed by atoms with Gasteiger partial charge in [-0.3, -0.25) is 24.1 Å². The van der Waals surface area contributed by atoms with Gasteiger partial charge < -0.3 is 10.6 Å². The van der Waals surface area contributed by atoms with Crippen molar-refractivity contribution in [2.24, 2.45) is 5.92 Å². The predicted octanol–water partition coefficient (Wildman–Crippen LogP) is 3.61. The van der Waals surface area contributed by atoms with Gasteiger partial charge in [0.1, 0.15) is 11.6 Å². The summed E-state index contributed by atoms with van der Waals surface area (Å²) in [6.45, 7) is 8.23. The second kappa shape index (κ2) is 9.97. The minimum atomic E-state index is -0.712. The summed E-state index contributed by atoms with van der Waals surface area (Å²) in [6.07, 6.45) is 2.14. The van der Waals surface area contributed by atoms with Crippen LogP contribution in [0.25, 0.3) is 10.9 Å². The number of rotatable bonds is 8. The van der Waals surface area contributed by atoms with Crippen LogP contribution in [0.4, 0.5) is 15.9 Å². The van der Waals surface area contributed by atoms with E-state index >= 15 is 0 Å². The quantitative estimate of drug-likeness (QED) is 0.539. The molecular weight excluding hydrogens is 425 g/mol. The number of hydrogen-bond donors (Lipinski definition) is 2. The molecule has 176 valence electrons. The zero-order chi connectivity index (χ0) is 24.3. The average molecular weight is 456 g/mol. The summed E-state index contributed by atoms with van der Waals surface area (Å²) < 4.78 is 14.9. The second-order valence-corrected chi connectivity index (χ2v) is 8.60. The Morgan fingerprint density at radius 2 is 2.00 bits per heavy atom. The van der Waals surface area contributed by atoms with Gasteiger partial charge in [-0.05, 0) is 43.9 Å². The zero-order valence-electron chi connectivity index (χ0n) is 19.4. The molecule has 0 atom stereocenters. The molecule has 3 aromatic rings. The molecule has 0 aliphatic rings. The van der Waals surface area contributed by atoms with Crippen LogP contribution in [0.15, 0.2) is 33.9 Å². The van der Waals surface area contributed by atoms with Gasteiger partial charge >= 0.3 is 5.69 Å². The Morgan fingerprint density at radius 3 is 2.67 bits per heavy atom. The van der Waals surface area contributed by atoms with Crippen molar-refractivity contribution in [3.63, 3.8) is 0 Å². The van der Waals surface area contributed by atoms with Crippen LogP contribution in [0.1, 0.15) is 56.1 Å². The summed E-state index contributed by atoms with van der Waals surface area (Å²) in [5.41, 5.74) is 6.05. The topological polar surface area (TPSA) is 114 Å². The van der Waals surface area contributed by atoms with E-state index in [2.05, 4.69) is 9.97 Å². The van der Waals surface area contributed by atoms with E-state index in [0.29, 0.717) is 36.0 Å². The van der Waals surface area contributed by atoms with E-state index in [1.165, 1.54) is 21.6 Å². The van der Waals surface area contributed by atoms with E-state index in [4.69, 9.17) is 5.73 Å². The maximum absolute atomic E-state index is 13.7. The molecule has 0 saturated carbocycles. The van der Waals surface area contributed by atoms with Gasteiger partial charge in [0.05, 0.1) is 16.8 Å². The molecule has 0 spiro atoms. The molecule has 3 rings (SSSR count). The molecule has 0 fully saturated rings. The third kappa shape index (κ3) is 5.13. The highest BCUT2D eigenvalue weighted by molar-refractivity contribution is 6.09. The van der Waals surface area contributed by atoms with Crippen LogP contribution >= 0.6 is 0 Å². The minimum absolute atomic E-state index is 0.0391. The van der Waals surface area contributed by atoms with E-state index < -0.39 is 23.0 Å². The average Bonchev–Trinajstić information content (AvgIpc) is 2.74. The number of halogens is 1. The fourth-order valence-electron chi connectivity index (χ4n) is 3.68. The highest BCUT2D eigenvalue weighted by Gasteiger charge is 2.27. The van der Waals surface area contributed by atoms with Crippen molar-refractivity contribution >= 4 is 28.3 Å². The van der Waals surface area contributed by atoms with Crippen LogP contribution in [-0.2, 0) is 6.54 Å². The number of amides is 1. The number of nitrogens with one attached hydrogen (secondary N) is 1. The maximum Gasteiger partial charge on any atom is 0.330 e. The van der Waals surface area contributed by atoms with Gasteiger partial charge in [0.15, 0.2) is 5.69 Å². The molecule has 33 heavy (non-hydrogen) atoms. The highest BCUT2D eigenvalue weighted by Crippen LogP contribution is 2.24. The fourth-order valence-corrected chi connectivity index (χ4v) is 3.68. The molecule has 0 bridgehead atoms. The first-order valence-corrected chi connectivity index (χ1v) is 11.1. The molecule has 2 heterocycles. The first-order chi connectivity index (χ1) is 15.6. The number of nitrogens with two attached hydrogens (primary N) is 1. The number of unbranched alkanes of at least 4 members (excludes halogenated alkanes) is 1. The van der Waals surface area contributed by atoms with Crippen molar-refractivity contribution in [3.8, 4) is 0 Å². The van der Waals surface area contributed by atoms with Crippen molar-refractivity contribution in [2.45, 2.75) is 53.5 Å². The fraction of sp³-hybridized carbons (Fsp3) is 0.417. The molecule has 1 amide bonds.